The Bertz CT molecular complexity index is 1040. The number of hydrogen-bond acceptors (Lipinski definition) is 6. The van der Waals surface area contributed by atoms with E-state index in [2.05, 4.69) is 27.7 Å². The zero-order valence-electron chi connectivity index (χ0n) is 21.9. The van der Waals surface area contributed by atoms with Crippen LogP contribution in [0.3, 0.4) is 0 Å². The average molecular weight is 509 g/mol. The first-order valence-electron chi connectivity index (χ1n) is 13.5. The summed E-state index contributed by atoms with van der Waals surface area (Å²) in [7, 11) is 1.67. The van der Waals surface area contributed by atoms with E-state index in [4.69, 9.17) is 9.72 Å². The van der Waals surface area contributed by atoms with Crippen molar-refractivity contribution in [2.24, 2.45) is 0 Å². The molecular weight excluding hydrogens is 468 g/mol. The van der Waals surface area contributed by atoms with Gasteiger partial charge >= 0.3 is 5.97 Å². The number of ether oxygens (including phenoxy) is 1. The van der Waals surface area contributed by atoms with Crippen LogP contribution in [0.4, 0.5) is 5.82 Å². The third-order valence-electron chi connectivity index (χ3n) is 7.57. The van der Waals surface area contributed by atoms with E-state index in [9.17, 15) is 14.7 Å². The molecule has 2 heterocycles. The predicted octanol–water partition coefficient (Wildman–Crippen LogP) is 3.40. The van der Waals surface area contributed by atoms with Crippen molar-refractivity contribution in [3.63, 3.8) is 0 Å². The molecule has 0 unspecified atom stereocenters. The standard InChI is InChI=1S/C29H40N4O4/c1-37-21-20-33(18-6-5-11-24-13-12-22-8-7-17-30-26(22)31-24)19-14-25(27(34)35)32-28(36)29(15-16-29)23-9-3-2-4-10-23/h2-4,9-10,12-13,25H,5-8,11,14-21H2,1H3,(H,30,31)(H,32,36)(H,34,35)/t25-/m0/s1. The van der Waals surface area contributed by atoms with Crippen LogP contribution < -0.4 is 10.6 Å². The van der Waals surface area contributed by atoms with Crippen LogP contribution in [-0.4, -0.2) is 72.8 Å². The molecule has 1 aliphatic carbocycles. The van der Waals surface area contributed by atoms with Crippen molar-refractivity contribution >= 4 is 17.7 Å². The van der Waals surface area contributed by atoms with Crippen LogP contribution in [0.15, 0.2) is 42.5 Å². The Kier molecular flexibility index (Phi) is 9.52. The monoisotopic (exact) mass is 508 g/mol. The molecule has 37 heavy (non-hydrogen) atoms. The number of amides is 1. The first kappa shape index (κ1) is 27.1. The van der Waals surface area contributed by atoms with Gasteiger partial charge in [-0.2, -0.15) is 0 Å². The Labute approximate surface area is 219 Å². The molecule has 0 radical (unpaired) electrons. The second-order valence-electron chi connectivity index (χ2n) is 10.2. The van der Waals surface area contributed by atoms with Gasteiger partial charge in [0.15, 0.2) is 0 Å². The largest absolute Gasteiger partial charge is 0.480 e. The molecule has 8 heteroatoms. The number of carbonyl (C=O) groups excluding carboxylic acids is 1. The molecule has 1 fully saturated rings. The van der Waals surface area contributed by atoms with Crippen LogP contribution in [0.2, 0.25) is 0 Å². The Balaban J connectivity index is 1.26. The number of unbranched alkanes of at least 4 members (excludes halogenated alkanes) is 1. The SMILES string of the molecule is COCCN(CCCCc1ccc2c(n1)NCCC2)CC[C@H](NC(=O)C1(c2ccccc2)CC1)C(=O)O. The van der Waals surface area contributed by atoms with Crippen molar-refractivity contribution in [3.8, 4) is 0 Å². The summed E-state index contributed by atoms with van der Waals surface area (Å²) in [4.78, 5) is 32.1. The van der Waals surface area contributed by atoms with E-state index < -0.39 is 17.4 Å². The van der Waals surface area contributed by atoms with E-state index in [0.717, 1.165) is 81.7 Å². The van der Waals surface area contributed by atoms with Crippen molar-refractivity contribution in [1.29, 1.82) is 0 Å². The highest BCUT2D eigenvalue weighted by Gasteiger charge is 2.51. The van der Waals surface area contributed by atoms with Gasteiger partial charge in [-0.05, 0) is 75.1 Å². The number of benzene rings is 1. The lowest BCUT2D eigenvalue weighted by Crippen LogP contribution is -2.47. The van der Waals surface area contributed by atoms with Gasteiger partial charge < -0.3 is 25.4 Å². The Morgan fingerprint density at radius 3 is 2.68 bits per heavy atom. The van der Waals surface area contributed by atoms with Gasteiger partial charge in [0.1, 0.15) is 11.9 Å². The molecule has 1 atom stereocenters. The molecule has 0 spiro atoms. The summed E-state index contributed by atoms with van der Waals surface area (Å²) in [5.41, 5.74) is 2.79. The number of aromatic nitrogens is 1. The topological polar surface area (TPSA) is 104 Å². The summed E-state index contributed by atoms with van der Waals surface area (Å²) < 4.78 is 5.28. The van der Waals surface area contributed by atoms with Crippen molar-refractivity contribution < 1.29 is 19.4 Å². The smallest absolute Gasteiger partial charge is 0.326 e. The Morgan fingerprint density at radius 2 is 1.95 bits per heavy atom. The van der Waals surface area contributed by atoms with Gasteiger partial charge in [-0.3, -0.25) is 4.79 Å². The van der Waals surface area contributed by atoms with Crippen molar-refractivity contribution in [3.05, 3.63) is 59.3 Å². The highest BCUT2D eigenvalue weighted by molar-refractivity contribution is 5.94. The van der Waals surface area contributed by atoms with E-state index in [-0.39, 0.29) is 5.91 Å². The maximum atomic E-state index is 13.1. The fraction of sp³-hybridized carbons (Fsp3) is 0.552. The molecule has 1 aromatic carbocycles. The molecule has 2 aromatic rings. The van der Waals surface area contributed by atoms with Gasteiger partial charge in [0, 0.05) is 32.4 Å². The summed E-state index contributed by atoms with van der Waals surface area (Å²) in [5, 5.41) is 16.1. The molecule has 1 amide bonds. The lowest BCUT2D eigenvalue weighted by molar-refractivity contribution is -0.142. The van der Waals surface area contributed by atoms with E-state index in [0.29, 0.717) is 19.6 Å². The molecule has 1 aliphatic heterocycles. The summed E-state index contributed by atoms with van der Waals surface area (Å²) in [6, 6.07) is 13.1. The molecule has 0 bridgehead atoms. The highest BCUT2D eigenvalue weighted by atomic mass is 16.5. The van der Waals surface area contributed by atoms with Crippen LogP contribution in [0.25, 0.3) is 0 Å². The number of anilines is 1. The van der Waals surface area contributed by atoms with Gasteiger partial charge in [-0.1, -0.05) is 36.4 Å². The van der Waals surface area contributed by atoms with E-state index in [1.807, 2.05) is 30.3 Å². The van der Waals surface area contributed by atoms with Gasteiger partial charge in [-0.25, -0.2) is 9.78 Å². The molecule has 1 aromatic heterocycles. The third kappa shape index (κ3) is 7.29. The number of methoxy groups -OCH3 is 1. The van der Waals surface area contributed by atoms with Crippen LogP contribution >= 0.6 is 0 Å². The lowest BCUT2D eigenvalue weighted by atomic mass is 9.94. The number of aliphatic carboxylic acids is 1. The summed E-state index contributed by atoms with van der Waals surface area (Å²) in [6.45, 7) is 3.73. The van der Waals surface area contributed by atoms with E-state index in [1.54, 1.807) is 7.11 Å². The number of aryl methyl sites for hydroxylation is 2. The number of fused-ring (bicyclic) bond motifs is 1. The third-order valence-corrected chi connectivity index (χ3v) is 7.57. The zero-order valence-corrected chi connectivity index (χ0v) is 21.9. The first-order valence-corrected chi connectivity index (χ1v) is 13.5. The zero-order chi connectivity index (χ0) is 26.1. The van der Waals surface area contributed by atoms with Crippen molar-refractivity contribution in [2.45, 2.75) is 62.8 Å². The number of nitrogens with one attached hydrogen (secondary N) is 2. The quantitative estimate of drug-likeness (QED) is 0.317. The van der Waals surface area contributed by atoms with E-state index in [1.165, 1.54) is 5.56 Å². The Hall–Kier alpha value is -2.97. The van der Waals surface area contributed by atoms with Gasteiger partial charge in [0.05, 0.1) is 12.0 Å². The minimum Gasteiger partial charge on any atom is -0.480 e. The molecule has 0 saturated heterocycles. The summed E-state index contributed by atoms with van der Waals surface area (Å²) in [6.07, 6.45) is 7.02. The Morgan fingerprint density at radius 1 is 1.14 bits per heavy atom. The summed E-state index contributed by atoms with van der Waals surface area (Å²) in [5.74, 6) is -0.134. The minimum absolute atomic E-state index is 0.179. The number of carbonyl (C=O) groups is 2. The van der Waals surface area contributed by atoms with Gasteiger partial charge in [0.25, 0.3) is 0 Å². The molecular formula is C29H40N4O4. The number of hydrogen-bond donors (Lipinski definition) is 3. The number of rotatable bonds is 15. The molecule has 200 valence electrons. The molecule has 3 N–H and O–H groups in total. The molecule has 1 saturated carbocycles. The average Bonchev–Trinajstić information content (AvgIpc) is 3.74. The maximum Gasteiger partial charge on any atom is 0.326 e. The second kappa shape index (κ2) is 13.0. The van der Waals surface area contributed by atoms with Gasteiger partial charge in [0.2, 0.25) is 5.91 Å². The fourth-order valence-corrected chi connectivity index (χ4v) is 5.10. The predicted molar refractivity (Wildman–Crippen MR) is 144 cm³/mol. The molecule has 2 aliphatic rings. The summed E-state index contributed by atoms with van der Waals surface area (Å²) >= 11 is 0. The molecule has 4 rings (SSSR count). The fourth-order valence-electron chi connectivity index (χ4n) is 5.10. The van der Waals surface area contributed by atoms with Crippen LogP contribution in [0.1, 0.15) is 55.3 Å². The maximum absolute atomic E-state index is 13.1. The number of nitrogens with zero attached hydrogens (tertiary/aromatic N) is 2. The molecule has 8 nitrogen and oxygen atoms in total. The highest BCUT2D eigenvalue weighted by Crippen LogP contribution is 2.48. The minimum atomic E-state index is -0.990. The number of carboxylic acids is 1. The van der Waals surface area contributed by atoms with Crippen LogP contribution in [-0.2, 0) is 32.6 Å². The normalized spacial score (nSPS) is 16.5. The van der Waals surface area contributed by atoms with Crippen molar-refractivity contribution in [1.82, 2.24) is 15.2 Å². The van der Waals surface area contributed by atoms with Crippen LogP contribution in [0.5, 0.6) is 0 Å². The van der Waals surface area contributed by atoms with Crippen LogP contribution in [0, 0.1) is 0 Å². The lowest BCUT2D eigenvalue weighted by Gasteiger charge is -2.25. The number of carboxylic acid groups (broad SMARTS) is 1. The van der Waals surface area contributed by atoms with Gasteiger partial charge in [-0.15, -0.1) is 0 Å². The van der Waals surface area contributed by atoms with Crippen molar-refractivity contribution in [2.75, 3.05) is 45.2 Å². The van der Waals surface area contributed by atoms with E-state index >= 15 is 0 Å². The number of pyridine rings is 1. The first-order chi connectivity index (χ1) is 18.0. The second-order valence-corrected chi connectivity index (χ2v) is 10.2.